The van der Waals surface area contributed by atoms with Crippen molar-refractivity contribution in [2.75, 3.05) is 26.6 Å². The van der Waals surface area contributed by atoms with Crippen LogP contribution in [0.25, 0.3) is 0 Å². The van der Waals surface area contributed by atoms with E-state index in [1.54, 1.807) is 36.4 Å². The molecule has 0 unspecified atom stereocenters. The molecule has 3 rings (SSSR count). The lowest BCUT2D eigenvalue weighted by Gasteiger charge is -2.33. The second kappa shape index (κ2) is 12.2. The van der Waals surface area contributed by atoms with Gasteiger partial charge in [-0.05, 0) is 29.7 Å². The van der Waals surface area contributed by atoms with Gasteiger partial charge >= 0.3 is 12.1 Å². The SMILES string of the molecule is COc1ccc(CN([C@H]2C[C@@H](COC(C)=O)N(C(=O)OCc3ccccc3)[C@H]2CO)S(C)(=O)=O)cc1. The Labute approximate surface area is 211 Å². The summed E-state index contributed by atoms with van der Waals surface area (Å²) in [6.45, 7) is 0.623. The van der Waals surface area contributed by atoms with Gasteiger partial charge in [0.15, 0.2) is 0 Å². The molecule has 2 aromatic carbocycles. The van der Waals surface area contributed by atoms with E-state index < -0.39 is 46.8 Å². The van der Waals surface area contributed by atoms with Crippen LogP contribution in [0.1, 0.15) is 24.5 Å². The Hall–Kier alpha value is -3.15. The maximum absolute atomic E-state index is 13.2. The summed E-state index contributed by atoms with van der Waals surface area (Å²) in [4.78, 5) is 25.9. The van der Waals surface area contributed by atoms with Gasteiger partial charge in [0, 0.05) is 13.5 Å². The molecule has 0 saturated carbocycles. The van der Waals surface area contributed by atoms with Crippen molar-refractivity contribution < 1.29 is 37.3 Å². The quantitative estimate of drug-likeness (QED) is 0.473. The van der Waals surface area contributed by atoms with Gasteiger partial charge in [0.2, 0.25) is 10.0 Å². The minimum absolute atomic E-state index is 0.000906. The molecule has 0 aromatic heterocycles. The molecular weight excluding hydrogens is 488 g/mol. The molecule has 1 heterocycles. The number of likely N-dealkylation sites (tertiary alicyclic amines) is 1. The highest BCUT2D eigenvalue weighted by molar-refractivity contribution is 7.88. The summed E-state index contributed by atoms with van der Waals surface area (Å²) in [5.41, 5.74) is 1.48. The molecule has 36 heavy (non-hydrogen) atoms. The summed E-state index contributed by atoms with van der Waals surface area (Å²) in [5, 5.41) is 10.3. The molecule has 1 N–H and O–H groups in total. The Morgan fingerprint density at radius 3 is 2.28 bits per heavy atom. The molecule has 0 bridgehead atoms. The fourth-order valence-electron chi connectivity index (χ4n) is 4.36. The normalized spacial score (nSPS) is 19.8. The molecular formula is C25H32N2O8S. The molecule has 11 heteroatoms. The van der Waals surface area contributed by atoms with Crippen molar-refractivity contribution in [3.63, 3.8) is 0 Å². The second-order valence-electron chi connectivity index (χ2n) is 8.61. The average molecular weight is 521 g/mol. The zero-order valence-corrected chi connectivity index (χ0v) is 21.4. The fourth-order valence-corrected chi connectivity index (χ4v) is 5.46. The molecule has 0 radical (unpaired) electrons. The summed E-state index contributed by atoms with van der Waals surface area (Å²) >= 11 is 0. The first kappa shape index (κ1) is 27.4. The van der Waals surface area contributed by atoms with Gasteiger partial charge in [-0.1, -0.05) is 42.5 Å². The number of carbonyl (C=O) groups excluding carboxylic acids is 2. The minimum Gasteiger partial charge on any atom is -0.497 e. The summed E-state index contributed by atoms with van der Waals surface area (Å²) in [5.74, 6) is 0.0994. The van der Waals surface area contributed by atoms with E-state index >= 15 is 0 Å². The van der Waals surface area contributed by atoms with Crippen molar-refractivity contribution in [2.45, 2.75) is 44.6 Å². The third kappa shape index (κ3) is 6.96. The third-order valence-corrected chi connectivity index (χ3v) is 7.34. The molecule has 0 spiro atoms. The molecule has 1 aliphatic heterocycles. The van der Waals surface area contributed by atoms with Gasteiger partial charge in [0.25, 0.3) is 0 Å². The van der Waals surface area contributed by atoms with E-state index in [1.165, 1.54) is 23.2 Å². The Bertz CT molecular complexity index is 1120. The van der Waals surface area contributed by atoms with E-state index in [-0.39, 0.29) is 26.2 Å². The van der Waals surface area contributed by atoms with Crippen LogP contribution in [0.3, 0.4) is 0 Å². The predicted octanol–water partition coefficient (Wildman–Crippen LogP) is 2.16. The van der Waals surface area contributed by atoms with Gasteiger partial charge in [-0.2, -0.15) is 4.31 Å². The van der Waals surface area contributed by atoms with E-state index in [0.717, 1.165) is 11.8 Å². The third-order valence-electron chi connectivity index (χ3n) is 6.08. The monoisotopic (exact) mass is 520 g/mol. The van der Waals surface area contributed by atoms with Crippen molar-refractivity contribution in [1.29, 1.82) is 0 Å². The van der Waals surface area contributed by atoms with E-state index in [1.807, 2.05) is 18.2 Å². The number of aliphatic hydroxyl groups excluding tert-OH is 1. The molecule has 196 valence electrons. The van der Waals surface area contributed by atoms with E-state index in [2.05, 4.69) is 0 Å². The maximum atomic E-state index is 13.2. The van der Waals surface area contributed by atoms with Crippen LogP contribution in [0, 0.1) is 0 Å². The summed E-state index contributed by atoms with van der Waals surface area (Å²) in [6.07, 6.45) is 0.514. The largest absolute Gasteiger partial charge is 0.497 e. The Morgan fingerprint density at radius 1 is 1.06 bits per heavy atom. The van der Waals surface area contributed by atoms with Crippen LogP contribution in [0.4, 0.5) is 4.79 Å². The van der Waals surface area contributed by atoms with Gasteiger partial charge in [-0.15, -0.1) is 0 Å². The average Bonchev–Trinajstić information content (AvgIpc) is 3.23. The van der Waals surface area contributed by atoms with E-state index in [4.69, 9.17) is 14.2 Å². The molecule has 1 saturated heterocycles. The number of carbonyl (C=O) groups is 2. The van der Waals surface area contributed by atoms with Crippen LogP contribution in [0.2, 0.25) is 0 Å². The van der Waals surface area contributed by atoms with Crippen molar-refractivity contribution >= 4 is 22.1 Å². The first-order chi connectivity index (χ1) is 17.1. The topological polar surface area (TPSA) is 123 Å². The van der Waals surface area contributed by atoms with Gasteiger partial charge in [0.1, 0.15) is 19.0 Å². The highest BCUT2D eigenvalue weighted by atomic mass is 32.2. The van der Waals surface area contributed by atoms with Crippen molar-refractivity contribution in [3.8, 4) is 5.75 Å². The first-order valence-electron chi connectivity index (χ1n) is 11.5. The van der Waals surface area contributed by atoms with Crippen LogP contribution in [0.5, 0.6) is 5.75 Å². The maximum Gasteiger partial charge on any atom is 0.410 e. The zero-order valence-electron chi connectivity index (χ0n) is 20.6. The highest BCUT2D eigenvalue weighted by Gasteiger charge is 2.49. The standard InChI is InChI=1S/C25H32N2O8S/c1-18(29)34-17-21-13-23(26(36(3,31)32)14-19-9-11-22(33-2)12-10-19)24(15-28)27(21)25(30)35-16-20-7-5-4-6-8-20/h4-12,21,23-24,28H,13-17H2,1-3H3/t21-,23-,24-/m0/s1. The number of aliphatic hydroxyl groups is 1. The lowest BCUT2D eigenvalue weighted by Crippen LogP contribution is -2.51. The molecule has 10 nitrogen and oxygen atoms in total. The molecule has 1 aliphatic rings. The summed E-state index contributed by atoms with van der Waals surface area (Å²) in [6, 6.07) is 13.7. The second-order valence-corrected chi connectivity index (χ2v) is 10.5. The summed E-state index contributed by atoms with van der Waals surface area (Å²) < 4.78 is 42.8. The molecule has 2 aromatic rings. The van der Waals surface area contributed by atoms with Gasteiger partial charge in [-0.3, -0.25) is 9.69 Å². The number of esters is 1. The van der Waals surface area contributed by atoms with Gasteiger partial charge < -0.3 is 19.3 Å². The van der Waals surface area contributed by atoms with Crippen LogP contribution < -0.4 is 4.74 Å². The highest BCUT2D eigenvalue weighted by Crippen LogP contribution is 2.32. The number of methoxy groups -OCH3 is 1. The number of hydrogen-bond acceptors (Lipinski definition) is 8. The number of sulfonamides is 1. The van der Waals surface area contributed by atoms with Crippen LogP contribution >= 0.6 is 0 Å². The Kier molecular flexibility index (Phi) is 9.30. The molecule has 3 atom stereocenters. The Morgan fingerprint density at radius 2 is 1.72 bits per heavy atom. The van der Waals surface area contributed by atoms with Crippen molar-refractivity contribution in [3.05, 3.63) is 65.7 Å². The Balaban J connectivity index is 1.87. The van der Waals surface area contributed by atoms with Crippen LogP contribution in [-0.2, 0) is 37.4 Å². The van der Waals surface area contributed by atoms with Crippen molar-refractivity contribution in [2.24, 2.45) is 0 Å². The predicted molar refractivity (Wildman–Crippen MR) is 132 cm³/mol. The molecule has 0 aliphatic carbocycles. The fraction of sp³-hybridized carbons (Fsp3) is 0.440. The number of benzene rings is 2. The number of hydrogen-bond donors (Lipinski definition) is 1. The van der Waals surface area contributed by atoms with E-state index in [9.17, 15) is 23.1 Å². The number of amides is 1. The molecule has 1 fully saturated rings. The minimum atomic E-state index is -3.76. The molecule has 1 amide bonds. The number of ether oxygens (including phenoxy) is 3. The lowest BCUT2D eigenvalue weighted by molar-refractivity contribution is -0.142. The van der Waals surface area contributed by atoms with Crippen molar-refractivity contribution in [1.82, 2.24) is 9.21 Å². The van der Waals surface area contributed by atoms with Gasteiger partial charge in [0.05, 0.1) is 38.1 Å². The lowest BCUT2D eigenvalue weighted by atomic mass is 10.1. The van der Waals surface area contributed by atoms with Gasteiger partial charge in [-0.25, -0.2) is 13.2 Å². The van der Waals surface area contributed by atoms with Crippen LogP contribution in [-0.4, -0.2) is 79.5 Å². The summed E-state index contributed by atoms with van der Waals surface area (Å²) in [7, 11) is -2.22. The zero-order chi connectivity index (χ0) is 26.3. The van der Waals surface area contributed by atoms with Crippen LogP contribution in [0.15, 0.2) is 54.6 Å². The smallest absolute Gasteiger partial charge is 0.410 e. The van der Waals surface area contributed by atoms with E-state index in [0.29, 0.717) is 11.3 Å². The first-order valence-corrected chi connectivity index (χ1v) is 13.3. The number of nitrogens with zero attached hydrogens (tertiary/aromatic N) is 2. The number of rotatable bonds is 10.